The molecule has 1 N–H and O–H groups in total. The zero-order chi connectivity index (χ0) is 30.8. The number of nitrogens with zero attached hydrogens (tertiary/aromatic N) is 3. The van der Waals surface area contributed by atoms with Crippen LogP contribution in [0.25, 0.3) is 21.2 Å². The molecule has 4 aromatic rings. The second-order valence-electron chi connectivity index (χ2n) is 10.9. The molecule has 5 rings (SSSR count). The monoisotopic (exact) mass is 626 g/mol. The maximum atomic E-state index is 14.7. The predicted octanol–water partition coefficient (Wildman–Crippen LogP) is 6.78. The van der Waals surface area contributed by atoms with Crippen LogP contribution in [0.4, 0.5) is 8.78 Å². The topological polar surface area (TPSA) is 74.8 Å². The number of thiophene rings is 1. The number of ether oxygens (including phenoxy) is 1. The van der Waals surface area contributed by atoms with Gasteiger partial charge >= 0.3 is 0 Å². The number of rotatable bonds is 8. The molecule has 226 valence electrons. The third-order valence-electron chi connectivity index (χ3n) is 8.15. The van der Waals surface area contributed by atoms with Crippen LogP contribution < -0.4 is 10.1 Å². The van der Waals surface area contributed by atoms with E-state index < -0.39 is 11.6 Å². The molecule has 43 heavy (non-hydrogen) atoms. The summed E-state index contributed by atoms with van der Waals surface area (Å²) < 4.78 is 35.1. The van der Waals surface area contributed by atoms with Gasteiger partial charge in [0.25, 0.3) is 11.8 Å². The predicted molar refractivity (Wildman–Crippen MR) is 166 cm³/mol. The summed E-state index contributed by atoms with van der Waals surface area (Å²) in [5.41, 5.74) is 2.62. The summed E-state index contributed by atoms with van der Waals surface area (Å²) >= 11 is 7.46. The lowest BCUT2D eigenvalue weighted by atomic mass is 9.89. The summed E-state index contributed by atoms with van der Waals surface area (Å²) in [6, 6.07) is 11.5. The Kier molecular flexibility index (Phi) is 9.29. The Balaban J connectivity index is 1.55. The van der Waals surface area contributed by atoms with Gasteiger partial charge in [-0.15, -0.1) is 11.3 Å². The van der Waals surface area contributed by atoms with Gasteiger partial charge < -0.3 is 19.9 Å². The molecule has 2 aromatic heterocycles. The lowest BCUT2D eigenvalue weighted by Crippen LogP contribution is -2.44. The highest BCUT2D eigenvalue weighted by molar-refractivity contribution is 7.21. The second-order valence-corrected chi connectivity index (χ2v) is 12.3. The number of methoxy groups -OCH3 is 1. The quantitative estimate of drug-likeness (QED) is 0.233. The van der Waals surface area contributed by atoms with Crippen LogP contribution in [-0.4, -0.2) is 66.9 Å². The van der Waals surface area contributed by atoms with Gasteiger partial charge in [-0.05, 0) is 87.3 Å². The van der Waals surface area contributed by atoms with Crippen LogP contribution >= 0.6 is 22.9 Å². The average molecular weight is 627 g/mol. The number of benzene rings is 2. The van der Waals surface area contributed by atoms with Crippen molar-refractivity contribution in [3.63, 3.8) is 0 Å². The summed E-state index contributed by atoms with van der Waals surface area (Å²) in [5, 5.41) is 2.44. The molecular formula is C32H33ClF2N4O3S. The molecule has 0 unspecified atom stereocenters. The first-order chi connectivity index (χ1) is 20.6. The summed E-state index contributed by atoms with van der Waals surface area (Å²) in [6.07, 6.45) is 4.91. The molecule has 1 aliphatic carbocycles. The molecule has 0 spiro atoms. The number of hydrogen-bond acceptors (Lipinski definition) is 6. The molecule has 0 atom stereocenters. The van der Waals surface area contributed by atoms with Gasteiger partial charge in [-0.3, -0.25) is 14.6 Å². The Bertz CT molecular complexity index is 1670. The van der Waals surface area contributed by atoms with Crippen molar-refractivity contribution < 1.29 is 23.1 Å². The molecule has 7 nitrogen and oxygen atoms in total. The fourth-order valence-electron chi connectivity index (χ4n) is 5.75. The fourth-order valence-corrected chi connectivity index (χ4v) is 7.25. The summed E-state index contributed by atoms with van der Waals surface area (Å²) in [6.45, 7) is 0.191. The van der Waals surface area contributed by atoms with Crippen molar-refractivity contribution in [3.8, 4) is 16.9 Å². The van der Waals surface area contributed by atoms with Crippen LogP contribution in [0.15, 0.2) is 48.7 Å². The van der Waals surface area contributed by atoms with Crippen LogP contribution in [0.5, 0.6) is 5.75 Å². The van der Waals surface area contributed by atoms with Gasteiger partial charge in [0.2, 0.25) is 0 Å². The molecule has 1 saturated carbocycles. The molecule has 2 amide bonds. The van der Waals surface area contributed by atoms with Crippen molar-refractivity contribution in [3.05, 3.63) is 81.5 Å². The number of fused-ring (bicyclic) bond motifs is 1. The minimum absolute atomic E-state index is 0.0220. The van der Waals surface area contributed by atoms with Crippen LogP contribution in [0.1, 0.15) is 51.4 Å². The van der Waals surface area contributed by atoms with E-state index in [-0.39, 0.29) is 50.1 Å². The molecule has 1 fully saturated rings. The molecule has 0 aliphatic heterocycles. The minimum atomic E-state index is -0.669. The largest absolute Gasteiger partial charge is 0.496 e. The Labute approximate surface area is 258 Å². The molecule has 0 bridgehead atoms. The molecule has 2 heterocycles. The van der Waals surface area contributed by atoms with Gasteiger partial charge in [0, 0.05) is 37.4 Å². The molecule has 1 aliphatic rings. The molecule has 0 radical (unpaired) electrons. The van der Waals surface area contributed by atoms with E-state index >= 15 is 0 Å². The summed E-state index contributed by atoms with van der Waals surface area (Å²) in [4.78, 5) is 34.7. The number of nitrogens with one attached hydrogen (secondary N) is 1. The number of hydrogen-bond donors (Lipinski definition) is 1. The fraction of sp³-hybridized carbons (Fsp3) is 0.344. The maximum Gasteiger partial charge on any atom is 0.269 e. The average Bonchev–Trinajstić information content (AvgIpc) is 3.39. The van der Waals surface area contributed by atoms with Crippen molar-refractivity contribution in [1.82, 2.24) is 20.1 Å². The minimum Gasteiger partial charge on any atom is -0.496 e. The van der Waals surface area contributed by atoms with Crippen molar-refractivity contribution in [2.24, 2.45) is 0 Å². The normalized spacial score (nSPS) is 16.8. The number of carbonyl (C=O) groups is 2. The van der Waals surface area contributed by atoms with Gasteiger partial charge in [-0.1, -0.05) is 17.7 Å². The molecule has 0 saturated heterocycles. The standard InChI is InChI=1S/C32H33ClF2N4O3S/c1-36-31(40)25-16-19(13-14-37-25)18-5-12-26(42-4)20(15-18)17-39(22-8-6-21(7-9-22)38(2)3)32(41)30-28(33)27-23(34)10-11-24(35)29(27)43-30/h5,10-16,21-22H,6-9,17H2,1-4H3,(H,36,40). The van der Waals surface area contributed by atoms with Gasteiger partial charge in [0.1, 0.15) is 28.0 Å². The highest BCUT2D eigenvalue weighted by Crippen LogP contribution is 2.41. The summed E-state index contributed by atoms with van der Waals surface area (Å²) in [5.74, 6) is -1.38. The van der Waals surface area contributed by atoms with Crippen LogP contribution in [-0.2, 0) is 6.54 Å². The van der Waals surface area contributed by atoms with Gasteiger partial charge in [-0.25, -0.2) is 8.78 Å². The van der Waals surface area contributed by atoms with Crippen molar-refractivity contribution in [2.45, 2.75) is 44.3 Å². The van der Waals surface area contributed by atoms with E-state index in [1.54, 1.807) is 31.3 Å². The van der Waals surface area contributed by atoms with Crippen molar-refractivity contribution in [2.75, 3.05) is 28.3 Å². The van der Waals surface area contributed by atoms with Crippen LogP contribution in [0.2, 0.25) is 5.02 Å². The van der Waals surface area contributed by atoms with E-state index in [9.17, 15) is 18.4 Å². The van der Waals surface area contributed by atoms with E-state index in [2.05, 4.69) is 29.3 Å². The van der Waals surface area contributed by atoms with E-state index in [4.69, 9.17) is 16.3 Å². The number of aromatic nitrogens is 1. The summed E-state index contributed by atoms with van der Waals surface area (Å²) in [7, 11) is 7.22. The zero-order valence-corrected chi connectivity index (χ0v) is 26.0. The van der Waals surface area contributed by atoms with Gasteiger partial charge in [-0.2, -0.15) is 0 Å². The molecule has 11 heteroatoms. The van der Waals surface area contributed by atoms with Crippen molar-refractivity contribution in [1.29, 1.82) is 0 Å². The molecular weight excluding hydrogens is 594 g/mol. The number of carbonyl (C=O) groups excluding carboxylic acids is 2. The van der Waals surface area contributed by atoms with Crippen molar-refractivity contribution >= 4 is 44.8 Å². The number of amides is 2. The Morgan fingerprint density at radius 3 is 2.35 bits per heavy atom. The smallest absolute Gasteiger partial charge is 0.269 e. The van der Waals surface area contributed by atoms with E-state index in [1.807, 2.05) is 24.3 Å². The number of halogens is 3. The molecule has 2 aromatic carbocycles. The van der Waals surface area contributed by atoms with E-state index in [1.165, 1.54) is 0 Å². The third kappa shape index (κ3) is 6.23. The first-order valence-corrected chi connectivity index (χ1v) is 15.2. The van der Waals surface area contributed by atoms with E-state index in [0.717, 1.165) is 65.8 Å². The van der Waals surface area contributed by atoms with Gasteiger partial charge in [0.15, 0.2) is 0 Å². The van der Waals surface area contributed by atoms with Crippen LogP contribution in [0, 0.1) is 11.6 Å². The first-order valence-electron chi connectivity index (χ1n) is 14.0. The first kappa shape index (κ1) is 30.8. The Hall–Kier alpha value is -3.60. The second kappa shape index (κ2) is 13.0. The highest BCUT2D eigenvalue weighted by atomic mass is 35.5. The Morgan fingerprint density at radius 2 is 1.70 bits per heavy atom. The van der Waals surface area contributed by atoms with Gasteiger partial charge in [0.05, 0.1) is 22.2 Å². The SMILES string of the molecule is CNC(=O)c1cc(-c2ccc(OC)c(CN(C(=O)c3sc4c(F)ccc(F)c4c3Cl)C3CCC(N(C)C)CC3)c2)ccn1. The third-order valence-corrected chi connectivity index (χ3v) is 9.82. The van der Waals surface area contributed by atoms with E-state index in [0.29, 0.717) is 11.8 Å². The lowest BCUT2D eigenvalue weighted by molar-refractivity contribution is 0.0573. The zero-order valence-electron chi connectivity index (χ0n) is 24.4. The number of pyridine rings is 1. The lowest BCUT2D eigenvalue weighted by Gasteiger charge is -2.39. The maximum absolute atomic E-state index is 14.7. The van der Waals surface area contributed by atoms with Crippen LogP contribution in [0.3, 0.4) is 0 Å². The highest BCUT2D eigenvalue weighted by Gasteiger charge is 2.33. The Morgan fingerprint density at radius 1 is 1.02 bits per heavy atom.